The molecular formula is C11H18N2. The van der Waals surface area contributed by atoms with Gasteiger partial charge in [-0.25, -0.2) is 9.97 Å². The summed E-state index contributed by atoms with van der Waals surface area (Å²) in [6.45, 7) is 8.44. The number of aromatic nitrogens is 2. The van der Waals surface area contributed by atoms with Crippen LogP contribution >= 0.6 is 0 Å². The van der Waals surface area contributed by atoms with E-state index < -0.39 is 0 Å². The fraction of sp³-hybridized carbons (Fsp3) is 0.636. The summed E-state index contributed by atoms with van der Waals surface area (Å²) in [5.41, 5.74) is 2.16. The Labute approximate surface area is 80.4 Å². The van der Waals surface area contributed by atoms with Crippen molar-refractivity contribution in [3.05, 3.63) is 23.3 Å². The third kappa shape index (κ3) is 2.51. The van der Waals surface area contributed by atoms with E-state index in [9.17, 15) is 0 Å². The molecule has 1 aromatic heterocycles. The molecule has 1 heterocycles. The topological polar surface area (TPSA) is 25.8 Å². The summed E-state index contributed by atoms with van der Waals surface area (Å²) < 4.78 is 0. The Kier molecular flexibility index (Phi) is 3.40. The monoisotopic (exact) mass is 178 g/mol. The zero-order chi connectivity index (χ0) is 9.84. The van der Waals surface area contributed by atoms with Gasteiger partial charge in [-0.1, -0.05) is 13.8 Å². The average molecular weight is 178 g/mol. The molecule has 72 valence electrons. The third-order valence-electron chi connectivity index (χ3n) is 2.35. The number of aryl methyl sites for hydroxylation is 2. The molecular weight excluding hydrogens is 160 g/mol. The predicted octanol–water partition coefficient (Wildman–Crippen LogP) is 3.00. The molecule has 0 unspecified atom stereocenters. The second-order valence-corrected chi connectivity index (χ2v) is 3.52. The van der Waals surface area contributed by atoms with Crippen molar-refractivity contribution in [3.63, 3.8) is 0 Å². The molecule has 0 radical (unpaired) electrons. The van der Waals surface area contributed by atoms with E-state index in [4.69, 9.17) is 0 Å². The molecule has 0 N–H and O–H groups in total. The van der Waals surface area contributed by atoms with Crippen LogP contribution in [0.5, 0.6) is 0 Å². The lowest BCUT2D eigenvalue weighted by Crippen LogP contribution is -2.04. The molecule has 0 saturated carbocycles. The fourth-order valence-electron chi connectivity index (χ4n) is 1.59. The van der Waals surface area contributed by atoms with Crippen LogP contribution < -0.4 is 0 Å². The molecule has 0 atom stereocenters. The maximum Gasteiger partial charge on any atom is 0.131 e. The van der Waals surface area contributed by atoms with Crippen LogP contribution in [0.2, 0.25) is 0 Å². The second-order valence-electron chi connectivity index (χ2n) is 3.52. The molecule has 0 aliphatic carbocycles. The standard InChI is InChI=1S/C11H18N2/c1-5-10(6-2)11-12-8(3)7-9(4)13-11/h7,10H,5-6H2,1-4H3. The summed E-state index contributed by atoms with van der Waals surface area (Å²) in [5, 5.41) is 0. The van der Waals surface area contributed by atoms with Gasteiger partial charge in [0.1, 0.15) is 5.82 Å². The summed E-state index contributed by atoms with van der Waals surface area (Å²) in [4.78, 5) is 8.93. The van der Waals surface area contributed by atoms with Crippen LogP contribution in [0.4, 0.5) is 0 Å². The number of hydrogen-bond acceptors (Lipinski definition) is 2. The van der Waals surface area contributed by atoms with E-state index in [1.165, 1.54) is 0 Å². The third-order valence-corrected chi connectivity index (χ3v) is 2.35. The Morgan fingerprint density at radius 3 is 1.92 bits per heavy atom. The first kappa shape index (κ1) is 10.2. The summed E-state index contributed by atoms with van der Waals surface area (Å²) >= 11 is 0. The van der Waals surface area contributed by atoms with Gasteiger partial charge >= 0.3 is 0 Å². The lowest BCUT2D eigenvalue weighted by molar-refractivity contribution is 0.597. The highest BCUT2D eigenvalue weighted by atomic mass is 14.9. The van der Waals surface area contributed by atoms with Gasteiger partial charge in [-0.15, -0.1) is 0 Å². The van der Waals surface area contributed by atoms with Crippen LogP contribution in [0.25, 0.3) is 0 Å². The van der Waals surface area contributed by atoms with Crippen LogP contribution in [-0.2, 0) is 0 Å². The van der Waals surface area contributed by atoms with Crippen LogP contribution in [0.3, 0.4) is 0 Å². The minimum atomic E-state index is 0.526. The van der Waals surface area contributed by atoms with Crippen molar-refractivity contribution in [2.24, 2.45) is 0 Å². The fourth-order valence-corrected chi connectivity index (χ4v) is 1.59. The van der Waals surface area contributed by atoms with E-state index in [-0.39, 0.29) is 0 Å². The van der Waals surface area contributed by atoms with Gasteiger partial charge in [0.15, 0.2) is 0 Å². The molecule has 0 saturated heterocycles. The highest BCUT2D eigenvalue weighted by Crippen LogP contribution is 2.19. The van der Waals surface area contributed by atoms with E-state index in [0.29, 0.717) is 5.92 Å². The predicted molar refractivity (Wildman–Crippen MR) is 54.8 cm³/mol. The van der Waals surface area contributed by atoms with Gasteiger partial charge in [-0.2, -0.15) is 0 Å². The lowest BCUT2D eigenvalue weighted by Gasteiger charge is -2.11. The molecule has 1 rings (SSSR count). The molecule has 0 aromatic carbocycles. The molecule has 0 fully saturated rings. The lowest BCUT2D eigenvalue weighted by atomic mass is 10.0. The largest absolute Gasteiger partial charge is 0.238 e. The van der Waals surface area contributed by atoms with E-state index in [1.807, 2.05) is 19.9 Å². The van der Waals surface area contributed by atoms with Crippen molar-refractivity contribution >= 4 is 0 Å². The zero-order valence-electron chi connectivity index (χ0n) is 8.96. The Morgan fingerprint density at radius 2 is 1.54 bits per heavy atom. The molecule has 0 aliphatic heterocycles. The molecule has 1 aromatic rings. The Hall–Kier alpha value is -0.920. The average Bonchev–Trinajstić information content (AvgIpc) is 2.04. The van der Waals surface area contributed by atoms with Crippen molar-refractivity contribution in [3.8, 4) is 0 Å². The van der Waals surface area contributed by atoms with Crippen LogP contribution in [0, 0.1) is 13.8 Å². The SMILES string of the molecule is CCC(CC)c1nc(C)cc(C)n1. The highest BCUT2D eigenvalue weighted by Gasteiger charge is 2.10. The van der Waals surface area contributed by atoms with Crippen LogP contribution in [-0.4, -0.2) is 9.97 Å². The highest BCUT2D eigenvalue weighted by molar-refractivity contribution is 5.10. The van der Waals surface area contributed by atoms with E-state index in [1.54, 1.807) is 0 Å². The first-order valence-corrected chi connectivity index (χ1v) is 4.99. The maximum absolute atomic E-state index is 4.46. The minimum absolute atomic E-state index is 0.526. The zero-order valence-corrected chi connectivity index (χ0v) is 8.96. The van der Waals surface area contributed by atoms with Gasteiger partial charge in [0, 0.05) is 17.3 Å². The van der Waals surface area contributed by atoms with Crippen molar-refractivity contribution in [2.75, 3.05) is 0 Å². The first-order valence-electron chi connectivity index (χ1n) is 4.99. The van der Waals surface area contributed by atoms with Gasteiger partial charge in [-0.05, 0) is 32.8 Å². The summed E-state index contributed by atoms with van der Waals surface area (Å²) in [6, 6.07) is 2.02. The van der Waals surface area contributed by atoms with Crippen molar-refractivity contribution in [2.45, 2.75) is 46.5 Å². The van der Waals surface area contributed by atoms with Crippen molar-refractivity contribution < 1.29 is 0 Å². The van der Waals surface area contributed by atoms with Crippen molar-refractivity contribution in [1.29, 1.82) is 0 Å². The second kappa shape index (κ2) is 4.35. The van der Waals surface area contributed by atoms with Gasteiger partial charge in [0.05, 0.1) is 0 Å². The van der Waals surface area contributed by atoms with E-state index in [2.05, 4.69) is 23.8 Å². The number of nitrogens with zero attached hydrogens (tertiary/aromatic N) is 2. The van der Waals surface area contributed by atoms with Crippen molar-refractivity contribution in [1.82, 2.24) is 9.97 Å². The number of hydrogen-bond donors (Lipinski definition) is 0. The molecule has 13 heavy (non-hydrogen) atoms. The normalized spacial score (nSPS) is 10.8. The van der Waals surface area contributed by atoms with Gasteiger partial charge < -0.3 is 0 Å². The Bertz CT molecular complexity index is 257. The van der Waals surface area contributed by atoms with Crippen LogP contribution in [0.1, 0.15) is 49.8 Å². The first-order chi connectivity index (χ1) is 6.17. The quantitative estimate of drug-likeness (QED) is 0.711. The smallest absolute Gasteiger partial charge is 0.131 e. The molecule has 0 spiro atoms. The maximum atomic E-state index is 4.46. The Balaban J connectivity index is 2.99. The molecule has 2 nitrogen and oxygen atoms in total. The molecule has 2 heteroatoms. The number of rotatable bonds is 3. The molecule has 0 aliphatic rings. The van der Waals surface area contributed by atoms with Gasteiger partial charge in [0.2, 0.25) is 0 Å². The Morgan fingerprint density at radius 1 is 1.08 bits per heavy atom. The van der Waals surface area contributed by atoms with Crippen LogP contribution in [0.15, 0.2) is 6.07 Å². The molecule has 0 bridgehead atoms. The van der Waals surface area contributed by atoms with Gasteiger partial charge in [-0.3, -0.25) is 0 Å². The summed E-state index contributed by atoms with van der Waals surface area (Å²) in [6.07, 6.45) is 2.25. The van der Waals surface area contributed by atoms with E-state index in [0.717, 1.165) is 30.1 Å². The molecule has 0 amide bonds. The summed E-state index contributed by atoms with van der Waals surface area (Å²) in [7, 11) is 0. The van der Waals surface area contributed by atoms with Gasteiger partial charge in [0.25, 0.3) is 0 Å². The minimum Gasteiger partial charge on any atom is -0.238 e. The van der Waals surface area contributed by atoms with E-state index >= 15 is 0 Å². The summed E-state index contributed by atoms with van der Waals surface area (Å²) in [5.74, 6) is 1.54.